The molecule has 2 rings (SSSR count). The fraction of sp³-hybridized carbons (Fsp3) is 0.632. The number of hydrogen-bond acceptors (Lipinski definition) is 3. The van der Waals surface area contributed by atoms with Gasteiger partial charge in [0.15, 0.2) is 0 Å². The zero-order valence-corrected chi connectivity index (χ0v) is 18.2. The molecule has 0 radical (unpaired) electrons. The lowest BCUT2D eigenvalue weighted by atomic mass is 9.93. The standard InChI is InChI=1S/C19H26ClF3N2O3S/c1-4-9-18(2,3)24-17(26)13-7-10-25(11-8-13)29(27,28)14-5-6-16(20)15(12-14)19(21,22)23/h5-6,12-13H,4,7-11H2,1-3H3,(H,24,26). The van der Waals surface area contributed by atoms with E-state index in [4.69, 9.17) is 11.6 Å². The summed E-state index contributed by atoms with van der Waals surface area (Å²) in [6.45, 7) is 6.04. The molecular formula is C19H26ClF3N2O3S. The van der Waals surface area contributed by atoms with Gasteiger partial charge in [0.1, 0.15) is 0 Å². The molecule has 1 fully saturated rings. The number of carbonyl (C=O) groups is 1. The van der Waals surface area contributed by atoms with Crippen LogP contribution in [0.4, 0.5) is 13.2 Å². The molecule has 1 aliphatic heterocycles. The Kier molecular flexibility index (Phi) is 7.28. The molecule has 1 N–H and O–H groups in total. The molecule has 1 aromatic carbocycles. The van der Waals surface area contributed by atoms with Gasteiger partial charge in [-0.25, -0.2) is 8.42 Å². The van der Waals surface area contributed by atoms with Crippen molar-refractivity contribution in [1.29, 1.82) is 0 Å². The number of alkyl halides is 3. The van der Waals surface area contributed by atoms with Gasteiger partial charge in [-0.05, 0) is 51.3 Å². The summed E-state index contributed by atoms with van der Waals surface area (Å²) in [5.74, 6) is -0.445. The van der Waals surface area contributed by atoms with Gasteiger partial charge in [-0.15, -0.1) is 0 Å². The normalized spacial score (nSPS) is 17.3. The summed E-state index contributed by atoms with van der Waals surface area (Å²) in [5, 5.41) is 2.44. The van der Waals surface area contributed by atoms with Crippen molar-refractivity contribution in [2.45, 2.75) is 63.1 Å². The van der Waals surface area contributed by atoms with Crippen molar-refractivity contribution in [3.8, 4) is 0 Å². The Morgan fingerprint density at radius 3 is 2.34 bits per heavy atom. The Morgan fingerprint density at radius 1 is 1.24 bits per heavy atom. The Labute approximate surface area is 174 Å². The number of nitrogens with one attached hydrogen (secondary N) is 1. The largest absolute Gasteiger partial charge is 0.417 e. The Morgan fingerprint density at radius 2 is 1.83 bits per heavy atom. The molecule has 0 spiro atoms. The number of halogens is 4. The minimum Gasteiger partial charge on any atom is -0.351 e. The maximum absolute atomic E-state index is 13.1. The zero-order valence-electron chi connectivity index (χ0n) is 16.6. The lowest BCUT2D eigenvalue weighted by Gasteiger charge is -2.33. The van der Waals surface area contributed by atoms with Crippen molar-refractivity contribution in [3.05, 3.63) is 28.8 Å². The van der Waals surface area contributed by atoms with Crippen LogP contribution >= 0.6 is 11.6 Å². The van der Waals surface area contributed by atoms with E-state index in [1.165, 1.54) is 0 Å². The van der Waals surface area contributed by atoms with E-state index in [0.717, 1.165) is 29.3 Å². The van der Waals surface area contributed by atoms with Crippen LogP contribution in [0.3, 0.4) is 0 Å². The third-order valence-electron chi connectivity index (χ3n) is 5.04. The molecule has 5 nitrogen and oxygen atoms in total. The third kappa shape index (κ3) is 5.86. The van der Waals surface area contributed by atoms with Crippen molar-refractivity contribution in [2.24, 2.45) is 5.92 Å². The summed E-state index contributed by atoms with van der Waals surface area (Å²) in [4.78, 5) is 12.0. The van der Waals surface area contributed by atoms with Crippen LogP contribution in [0.15, 0.2) is 23.1 Å². The minimum atomic E-state index is -4.75. The summed E-state index contributed by atoms with van der Waals surface area (Å²) in [7, 11) is -4.11. The van der Waals surface area contributed by atoms with Gasteiger partial charge in [0.25, 0.3) is 0 Å². The molecule has 1 saturated heterocycles. The molecule has 0 unspecified atom stereocenters. The smallest absolute Gasteiger partial charge is 0.351 e. The summed E-state index contributed by atoms with van der Waals surface area (Å²) >= 11 is 5.57. The van der Waals surface area contributed by atoms with E-state index in [-0.39, 0.29) is 30.5 Å². The van der Waals surface area contributed by atoms with Crippen LogP contribution in [0, 0.1) is 5.92 Å². The molecule has 1 heterocycles. The molecule has 0 atom stereocenters. The van der Waals surface area contributed by atoms with Crippen molar-refractivity contribution >= 4 is 27.5 Å². The van der Waals surface area contributed by atoms with Gasteiger partial charge in [0, 0.05) is 24.5 Å². The molecule has 164 valence electrons. The highest BCUT2D eigenvalue weighted by Gasteiger charge is 2.37. The second-order valence-electron chi connectivity index (χ2n) is 7.94. The molecule has 10 heteroatoms. The van der Waals surface area contributed by atoms with E-state index in [1.807, 2.05) is 20.8 Å². The molecule has 1 aromatic rings. The van der Waals surface area contributed by atoms with Crippen molar-refractivity contribution in [2.75, 3.05) is 13.1 Å². The predicted molar refractivity (Wildman–Crippen MR) is 105 cm³/mol. The lowest BCUT2D eigenvalue weighted by molar-refractivity contribution is -0.137. The second-order valence-corrected chi connectivity index (χ2v) is 10.3. The number of rotatable bonds is 6. The predicted octanol–water partition coefficient (Wildman–Crippen LogP) is 4.45. The topological polar surface area (TPSA) is 66.5 Å². The van der Waals surface area contributed by atoms with E-state index in [0.29, 0.717) is 18.9 Å². The first-order valence-electron chi connectivity index (χ1n) is 9.47. The molecule has 29 heavy (non-hydrogen) atoms. The van der Waals surface area contributed by atoms with Gasteiger partial charge < -0.3 is 5.32 Å². The van der Waals surface area contributed by atoms with Gasteiger partial charge in [-0.3, -0.25) is 4.79 Å². The number of nitrogens with zero attached hydrogens (tertiary/aromatic N) is 1. The van der Waals surface area contributed by atoms with Crippen LogP contribution in [-0.2, 0) is 21.0 Å². The number of piperidine rings is 1. The van der Waals surface area contributed by atoms with Gasteiger partial charge in [0.05, 0.1) is 15.5 Å². The second kappa shape index (κ2) is 8.81. The molecule has 1 amide bonds. The molecular weight excluding hydrogens is 429 g/mol. The maximum Gasteiger partial charge on any atom is 0.417 e. The Hall–Kier alpha value is -1.32. The van der Waals surface area contributed by atoms with E-state index in [2.05, 4.69) is 5.32 Å². The highest BCUT2D eigenvalue weighted by atomic mass is 35.5. The highest BCUT2D eigenvalue weighted by Crippen LogP contribution is 2.36. The number of carbonyl (C=O) groups excluding carboxylic acids is 1. The van der Waals surface area contributed by atoms with Gasteiger partial charge in [-0.1, -0.05) is 24.9 Å². The van der Waals surface area contributed by atoms with Crippen LogP contribution in [-0.4, -0.2) is 37.3 Å². The summed E-state index contributed by atoms with van der Waals surface area (Å²) in [5.41, 5.74) is -1.53. The minimum absolute atomic E-state index is 0.0681. The van der Waals surface area contributed by atoms with E-state index in [9.17, 15) is 26.4 Å². The quantitative estimate of drug-likeness (QED) is 0.690. The number of sulfonamides is 1. The lowest BCUT2D eigenvalue weighted by Crippen LogP contribution is -2.49. The summed E-state index contributed by atoms with van der Waals surface area (Å²) < 4.78 is 65.8. The van der Waals surface area contributed by atoms with Crippen LogP contribution in [0.2, 0.25) is 5.02 Å². The van der Waals surface area contributed by atoms with Crippen LogP contribution in [0.5, 0.6) is 0 Å². The number of amides is 1. The molecule has 0 bridgehead atoms. The average Bonchev–Trinajstić information content (AvgIpc) is 2.60. The van der Waals surface area contributed by atoms with Crippen molar-refractivity contribution in [1.82, 2.24) is 9.62 Å². The first-order valence-corrected chi connectivity index (χ1v) is 11.3. The van der Waals surface area contributed by atoms with Crippen molar-refractivity contribution in [3.63, 3.8) is 0 Å². The van der Waals surface area contributed by atoms with Gasteiger partial charge in [-0.2, -0.15) is 17.5 Å². The monoisotopic (exact) mass is 454 g/mol. The van der Waals surface area contributed by atoms with Crippen LogP contribution < -0.4 is 5.32 Å². The first kappa shape index (κ1) is 24.0. The molecule has 0 aromatic heterocycles. The number of benzene rings is 1. The SMILES string of the molecule is CCCC(C)(C)NC(=O)C1CCN(S(=O)(=O)c2ccc(Cl)c(C(F)(F)F)c2)CC1. The number of hydrogen-bond donors (Lipinski definition) is 1. The van der Waals surface area contributed by atoms with E-state index < -0.39 is 31.7 Å². The Bertz CT molecular complexity index is 849. The molecule has 1 aliphatic rings. The van der Waals surface area contributed by atoms with Crippen molar-refractivity contribution < 1.29 is 26.4 Å². The summed E-state index contributed by atoms with van der Waals surface area (Å²) in [6.07, 6.45) is -2.38. The fourth-order valence-electron chi connectivity index (χ4n) is 3.51. The molecule has 0 aliphatic carbocycles. The van der Waals surface area contributed by atoms with E-state index in [1.54, 1.807) is 0 Å². The first-order chi connectivity index (χ1) is 13.3. The Balaban J connectivity index is 2.10. The van der Waals surface area contributed by atoms with Gasteiger partial charge >= 0.3 is 6.18 Å². The highest BCUT2D eigenvalue weighted by molar-refractivity contribution is 7.89. The zero-order chi connectivity index (χ0) is 22.0. The van der Waals surface area contributed by atoms with Crippen LogP contribution in [0.1, 0.15) is 52.0 Å². The maximum atomic E-state index is 13.1. The fourth-order valence-corrected chi connectivity index (χ4v) is 5.23. The average molecular weight is 455 g/mol. The van der Waals surface area contributed by atoms with Gasteiger partial charge in [0.2, 0.25) is 15.9 Å². The van der Waals surface area contributed by atoms with E-state index >= 15 is 0 Å². The van der Waals surface area contributed by atoms with Crippen LogP contribution in [0.25, 0.3) is 0 Å². The molecule has 0 saturated carbocycles. The third-order valence-corrected chi connectivity index (χ3v) is 7.27. The summed E-state index contributed by atoms with van der Waals surface area (Å²) in [6, 6.07) is 2.57.